The van der Waals surface area contributed by atoms with Gasteiger partial charge in [0.25, 0.3) is 5.91 Å². The summed E-state index contributed by atoms with van der Waals surface area (Å²) in [5.74, 6) is -1.55. The SMILES string of the molecule is COCCN(CC(=O)O)C(=O)c1cc(N)cc(Cl)c1. The van der Waals surface area contributed by atoms with Crippen LogP contribution >= 0.6 is 11.6 Å². The number of carbonyl (C=O) groups is 2. The summed E-state index contributed by atoms with van der Waals surface area (Å²) < 4.78 is 4.85. The van der Waals surface area contributed by atoms with Crippen LogP contribution in [-0.4, -0.2) is 48.7 Å². The van der Waals surface area contributed by atoms with Crippen LogP contribution in [0, 0.1) is 0 Å². The number of carboxylic acids is 1. The Labute approximate surface area is 115 Å². The summed E-state index contributed by atoms with van der Waals surface area (Å²) in [4.78, 5) is 24.1. The Hall–Kier alpha value is -1.79. The number of halogens is 1. The lowest BCUT2D eigenvalue weighted by atomic mass is 10.1. The van der Waals surface area contributed by atoms with Gasteiger partial charge in [-0.3, -0.25) is 9.59 Å². The highest BCUT2D eigenvalue weighted by atomic mass is 35.5. The number of benzene rings is 1. The summed E-state index contributed by atoms with van der Waals surface area (Å²) in [6, 6.07) is 4.41. The van der Waals surface area contributed by atoms with Crippen molar-refractivity contribution in [3.63, 3.8) is 0 Å². The molecule has 1 aromatic rings. The molecule has 104 valence electrons. The molecule has 3 N–H and O–H groups in total. The molecule has 0 aliphatic carbocycles. The van der Waals surface area contributed by atoms with Crippen molar-refractivity contribution in [1.82, 2.24) is 4.90 Å². The zero-order valence-corrected chi connectivity index (χ0v) is 11.2. The molecule has 1 amide bonds. The van der Waals surface area contributed by atoms with Gasteiger partial charge < -0.3 is 20.5 Å². The third kappa shape index (κ3) is 4.76. The Morgan fingerprint density at radius 3 is 2.63 bits per heavy atom. The minimum atomic E-state index is -1.10. The van der Waals surface area contributed by atoms with E-state index in [4.69, 9.17) is 27.2 Å². The van der Waals surface area contributed by atoms with Gasteiger partial charge in [0.1, 0.15) is 6.54 Å². The summed E-state index contributed by atoms with van der Waals surface area (Å²) in [5, 5.41) is 9.13. The van der Waals surface area contributed by atoms with Gasteiger partial charge in [-0.2, -0.15) is 0 Å². The monoisotopic (exact) mass is 286 g/mol. The summed E-state index contributed by atoms with van der Waals surface area (Å²) >= 11 is 5.82. The molecule has 0 spiro atoms. The number of aliphatic carboxylic acids is 1. The molecule has 0 saturated heterocycles. The summed E-state index contributed by atoms with van der Waals surface area (Å²) in [6.07, 6.45) is 0. The molecule has 0 saturated carbocycles. The molecule has 1 rings (SSSR count). The smallest absolute Gasteiger partial charge is 0.323 e. The predicted octanol–water partition coefficient (Wildman–Crippen LogP) is 1.10. The molecule has 0 aromatic heterocycles. The van der Waals surface area contributed by atoms with Gasteiger partial charge >= 0.3 is 5.97 Å². The predicted molar refractivity (Wildman–Crippen MR) is 71.3 cm³/mol. The number of amides is 1. The minimum absolute atomic E-state index is 0.175. The number of anilines is 1. The normalized spacial score (nSPS) is 10.2. The van der Waals surface area contributed by atoms with E-state index in [0.717, 1.165) is 4.90 Å². The van der Waals surface area contributed by atoms with Gasteiger partial charge in [-0.25, -0.2) is 0 Å². The zero-order chi connectivity index (χ0) is 14.4. The van der Waals surface area contributed by atoms with E-state index in [0.29, 0.717) is 10.7 Å². The molecule has 0 radical (unpaired) electrons. The number of nitrogen functional groups attached to an aromatic ring is 1. The zero-order valence-electron chi connectivity index (χ0n) is 10.4. The molecule has 7 heteroatoms. The second kappa shape index (κ2) is 6.96. The van der Waals surface area contributed by atoms with Gasteiger partial charge in [-0.05, 0) is 18.2 Å². The molecule has 0 unspecified atom stereocenters. The van der Waals surface area contributed by atoms with Gasteiger partial charge in [-0.1, -0.05) is 11.6 Å². The maximum Gasteiger partial charge on any atom is 0.323 e. The lowest BCUT2D eigenvalue weighted by molar-refractivity contribution is -0.137. The summed E-state index contributed by atoms with van der Waals surface area (Å²) in [7, 11) is 1.47. The molecular formula is C12H15ClN2O4. The Balaban J connectivity index is 2.93. The van der Waals surface area contributed by atoms with E-state index >= 15 is 0 Å². The van der Waals surface area contributed by atoms with Gasteiger partial charge in [0.15, 0.2) is 0 Å². The van der Waals surface area contributed by atoms with Crippen LogP contribution in [0.3, 0.4) is 0 Å². The number of carbonyl (C=O) groups excluding carboxylic acids is 1. The minimum Gasteiger partial charge on any atom is -0.480 e. The maximum absolute atomic E-state index is 12.2. The third-order valence-corrected chi connectivity index (χ3v) is 2.56. The number of nitrogens with zero attached hydrogens (tertiary/aromatic N) is 1. The molecule has 1 aromatic carbocycles. The first-order valence-electron chi connectivity index (χ1n) is 5.50. The Morgan fingerprint density at radius 1 is 1.42 bits per heavy atom. The fraction of sp³-hybridized carbons (Fsp3) is 0.333. The van der Waals surface area contributed by atoms with Crippen molar-refractivity contribution in [2.24, 2.45) is 0 Å². The van der Waals surface area contributed by atoms with Crippen molar-refractivity contribution in [1.29, 1.82) is 0 Å². The molecule has 0 aliphatic heterocycles. The molecule has 0 heterocycles. The van der Waals surface area contributed by atoms with Crippen LogP contribution in [0.5, 0.6) is 0 Å². The summed E-state index contributed by atoms with van der Waals surface area (Å²) in [5.41, 5.74) is 6.20. The number of ether oxygens (including phenoxy) is 1. The van der Waals surface area contributed by atoms with E-state index in [1.807, 2.05) is 0 Å². The average Bonchev–Trinajstić information content (AvgIpc) is 2.32. The number of methoxy groups -OCH3 is 1. The molecule has 0 fully saturated rings. The van der Waals surface area contributed by atoms with Crippen molar-refractivity contribution in [3.8, 4) is 0 Å². The van der Waals surface area contributed by atoms with Crippen LogP contribution in [0.25, 0.3) is 0 Å². The fourth-order valence-corrected chi connectivity index (χ4v) is 1.78. The number of rotatable bonds is 6. The van der Waals surface area contributed by atoms with E-state index in [-0.39, 0.29) is 18.7 Å². The first-order valence-corrected chi connectivity index (χ1v) is 5.88. The summed E-state index contributed by atoms with van der Waals surface area (Å²) in [6.45, 7) is 0.0116. The van der Waals surface area contributed by atoms with Crippen molar-refractivity contribution in [2.75, 3.05) is 32.5 Å². The van der Waals surface area contributed by atoms with Gasteiger partial charge in [-0.15, -0.1) is 0 Å². The van der Waals surface area contributed by atoms with E-state index in [1.165, 1.54) is 25.3 Å². The van der Waals surface area contributed by atoms with Crippen molar-refractivity contribution in [2.45, 2.75) is 0 Å². The largest absolute Gasteiger partial charge is 0.480 e. The van der Waals surface area contributed by atoms with E-state index < -0.39 is 18.4 Å². The van der Waals surface area contributed by atoms with Gasteiger partial charge in [0.2, 0.25) is 0 Å². The van der Waals surface area contributed by atoms with E-state index in [9.17, 15) is 9.59 Å². The standard InChI is InChI=1S/C12H15ClN2O4/c1-19-3-2-15(7-11(16)17)12(18)8-4-9(13)6-10(14)5-8/h4-6H,2-3,7,14H2,1H3,(H,16,17). The molecular weight excluding hydrogens is 272 g/mol. The Morgan fingerprint density at radius 2 is 2.11 bits per heavy atom. The second-order valence-electron chi connectivity index (χ2n) is 3.89. The number of carboxylic acid groups (broad SMARTS) is 1. The first-order chi connectivity index (χ1) is 8.93. The maximum atomic E-state index is 12.2. The van der Waals surface area contributed by atoms with Crippen molar-refractivity contribution >= 4 is 29.2 Å². The highest BCUT2D eigenvalue weighted by Gasteiger charge is 2.19. The van der Waals surface area contributed by atoms with Gasteiger partial charge in [0.05, 0.1) is 6.61 Å². The quantitative estimate of drug-likeness (QED) is 0.764. The van der Waals surface area contributed by atoms with Crippen molar-refractivity contribution in [3.05, 3.63) is 28.8 Å². The second-order valence-corrected chi connectivity index (χ2v) is 4.32. The molecule has 6 nitrogen and oxygen atoms in total. The molecule has 0 bridgehead atoms. The van der Waals surface area contributed by atoms with Crippen molar-refractivity contribution < 1.29 is 19.4 Å². The van der Waals surface area contributed by atoms with Gasteiger partial charge in [0, 0.05) is 29.9 Å². The van der Waals surface area contributed by atoms with Crippen LogP contribution in [0.4, 0.5) is 5.69 Å². The lowest BCUT2D eigenvalue weighted by Gasteiger charge is -2.20. The number of hydrogen-bond donors (Lipinski definition) is 2. The average molecular weight is 287 g/mol. The van der Waals surface area contributed by atoms with Crippen LogP contribution in [0.2, 0.25) is 5.02 Å². The Kier molecular flexibility index (Phi) is 5.59. The first kappa shape index (κ1) is 15.3. The van der Waals surface area contributed by atoms with Crippen LogP contribution in [-0.2, 0) is 9.53 Å². The highest BCUT2D eigenvalue weighted by molar-refractivity contribution is 6.31. The van der Waals surface area contributed by atoms with E-state index in [2.05, 4.69) is 0 Å². The number of nitrogens with two attached hydrogens (primary N) is 1. The van der Waals surface area contributed by atoms with Crippen LogP contribution in [0.15, 0.2) is 18.2 Å². The third-order valence-electron chi connectivity index (χ3n) is 2.35. The van der Waals surface area contributed by atoms with Crippen LogP contribution < -0.4 is 5.73 Å². The fourth-order valence-electron chi connectivity index (χ4n) is 1.54. The number of hydrogen-bond acceptors (Lipinski definition) is 4. The van der Waals surface area contributed by atoms with Crippen LogP contribution in [0.1, 0.15) is 10.4 Å². The van der Waals surface area contributed by atoms with E-state index in [1.54, 1.807) is 0 Å². The molecule has 0 aliphatic rings. The molecule has 0 atom stereocenters. The lowest BCUT2D eigenvalue weighted by Crippen LogP contribution is -2.38. The topological polar surface area (TPSA) is 92.9 Å². The molecule has 19 heavy (non-hydrogen) atoms. The highest BCUT2D eigenvalue weighted by Crippen LogP contribution is 2.18. The Bertz CT molecular complexity index is 459.